The van der Waals surface area contributed by atoms with Gasteiger partial charge in [-0.25, -0.2) is 14.5 Å². The first-order valence-corrected chi connectivity index (χ1v) is 10.8. The van der Waals surface area contributed by atoms with E-state index in [1.165, 1.54) is 11.3 Å². The smallest absolute Gasteiger partial charge is 0.348 e. The first kappa shape index (κ1) is 19.4. The number of rotatable bonds is 6. The number of likely N-dealkylation sites (tertiary alicyclic amines) is 1. The van der Waals surface area contributed by atoms with E-state index >= 15 is 0 Å². The Morgan fingerprint density at radius 1 is 1.24 bits per heavy atom. The minimum absolute atomic E-state index is 0.0164. The number of para-hydroxylation sites is 1. The number of aromatic amines is 1. The summed E-state index contributed by atoms with van der Waals surface area (Å²) in [5, 5.41) is 9.62. The van der Waals surface area contributed by atoms with Gasteiger partial charge in [0.15, 0.2) is 0 Å². The van der Waals surface area contributed by atoms with E-state index in [1.807, 2.05) is 53.6 Å². The van der Waals surface area contributed by atoms with Crippen LogP contribution in [0.5, 0.6) is 5.75 Å². The molecule has 2 aromatic heterocycles. The second-order valence-corrected chi connectivity index (χ2v) is 8.03. The van der Waals surface area contributed by atoms with Crippen molar-refractivity contribution in [2.75, 3.05) is 19.7 Å². The number of ether oxygens (including phenoxy) is 1. The van der Waals surface area contributed by atoms with Crippen molar-refractivity contribution < 1.29 is 9.53 Å². The zero-order valence-corrected chi connectivity index (χ0v) is 17.2. The van der Waals surface area contributed by atoms with Crippen molar-refractivity contribution in [3.05, 3.63) is 63.7 Å². The quantitative estimate of drug-likeness (QED) is 0.675. The Morgan fingerprint density at radius 2 is 2.03 bits per heavy atom. The van der Waals surface area contributed by atoms with Crippen LogP contribution in [0.1, 0.15) is 35.9 Å². The lowest BCUT2D eigenvalue weighted by molar-refractivity contribution is 0.0685. The Labute approximate surface area is 172 Å². The number of hydrogen-bond donors (Lipinski definition) is 1. The van der Waals surface area contributed by atoms with Crippen molar-refractivity contribution in [2.45, 2.75) is 26.2 Å². The number of thiophene rings is 1. The van der Waals surface area contributed by atoms with E-state index < -0.39 is 0 Å². The van der Waals surface area contributed by atoms with Crippen LogP contribution in [0.2, 0.25) is 0 Å². The highest BCUT2D eigenvalue weighted by molar-refractivity contribution is 7.12. The summed E-state index contributed by atoms with van der Waals surface area (Å²) in [6.07, 6.45) is 2.48. The molecule has 0 saturated carbocycles. The van der Waals surface area contributed by atoms with Crippen molar-refractivity contribution in [1.29, 1.82) is 0 Å². The van der Waals surface area contributed by atoms with Gasteiger partial charge in [-0.2, -0.15) is 5.10 Å². The average molecular weight is 413 g/mol. The normalized spacial score (nSPS) is 14.9. The van der Waals surface area contributed by atoms with Crippen LogP contribution in [0.4, 0.5) is 0 Å². The van der Waals surface area contributed by atoms with Crippen LogP contribution in [0.15, 0.2) is 46.6 Å². The van der Waals surface area contributed by atoms with Gasteiger partial charge in [-0.3, -0.25) is 4.79 Å². The molecule has 1 aliphatic heterocycles. The standard InChI is InChI=1S/C21H24N4O3S/c1-2-28-17-7-4-3-6-16(17)20(26)24-11-9-15(10-12-24)14-18-22-23-21(27)25(18)19-8-5-13-29-19/h3-8,13,15H,2,9-12,14H2,1H3,(H,23,27). The number of H-pyrrole nitrogens is 1. The van der Waals surface area contributed by atoms with Gasteiger partial charge in [0.05, 0.1) is 12.2 Å². The van der Waals surface area contributed by atoms with E-state index in [1.54, 1.807) is 4.57 Å². The van der Waals surface area contributed by atoms with Crippen LogP contribution in [-0.4, -0.2) is 45.3 Å². The summed E-state index contributed by atoms with van der Waals surface area (Å²) in [5.41, 5.74) is 0.411. The fourth-order valence-corrected chi connectivity index (χ4v) is 4.53. The van der Waals surface area contributed by atoms with Gasteiger partial charge in [0.2, 0.25) is 0 Å². The molecule has 0 unspecified atom stereocenters. The zero-order chi connectivity index (χ0) is 20.2. The number of carbonyl (C=O) groups is 1. The SMILES string of the molecule is CCOc1ccccc1C(=O)N1CCC(Cc2n[nH]c(=O)n2-c2cccs2)CC1. The molecule has 1 N–H and O–H groups in total. The highest BCUT2D eigenvalue weighted by Gasteiger charge is 2.27. The molecule has 1 fully saturated rings. The van der Waals surface area contributed by atoms with Gasteiger partial charge in [0.25, 0.3) is 5.91 Å². The molecule has 1 saturated heterocycles. The predicted molar refractivity (Wildman–Crippen MR) is 112 cm³/mol. The van der Waals surface area contributed by atoms with Crippen molar-refractivity contribution in [3.8, 4) is 10.8 Å². The molecule has 0 bridgehead atoms. The number of amides is 1. The molecule has 0 atom stereocenters. The third kappa shape index (κ3) is 4.12. The minimum Gasteiger partial charge on any atom is -0.493 e. The number of nitrogens with one attached hydrogen (secondary N) is 1. The Bertz CT molecular complexity index is 1020. The summed E-state index contributed by atoms with van der Waals surface area (Å²) in [6.45, 7) is 3.83. The van der Waals surface area contributed by atoms with Gasteiger partial charge in [0.1, 0.15) is 16.6 Å². The maximum atomic E-state index is 13.0. The highest BCUT2D eigenvalue weighted by Crippen LogP contribution is 2.26. The highest BCUT2D eigenvalue weighted by atomic mass is 32.1. The topological polar surface area (TPSA) is 80.2 Å². The summed E-state index contributed by atoms with van der Waals surface area (Å²) in [6, 6.07) is 11.2. The fourth-order valence-electron chi connectivity index (χ4n) is 3.78. The van der Waals surface area contributed by atoms with Gasteiger partial charge in [-0.15, -0.1) is 11.3 Å². The summed E-state index contributed by atoms with van der Waals surface area (Å²) in [4.78, 5) is 27.0. The molecule has 3 aromatic rings. The van der Waals surface area contributed by atoms with Crippen LogP contribution < -0.4 is 10.4 Å². The first-order valence-electron chi connectivity index (χ1n) is 9.88. The number of carbonyl (C=O) groups excluding carboxylic acids is 1. The molecule has 1 aliphatic rings. The maximum absolute atomic E-state index is 13.0. The third-order valence-electron chi connectivity index (χ3n) is 5.26. The molecule has 0 radical (unpaired) electrons. The molecule has 4 rings (SSSR count). The third-order valence-corrected chi connectivity index (χ3v) is 6.11. The van der Waals surface area contributed by atoms with E-state index in [-0.39, 0.29) is 11.6 Å². The van der Waals surface area contributed by atoms with Gasteiger partial charge >= 0.3 is 5.69 Å². The van der Waals surface area contributed by atoms with Crippen LogP contribution >= 0.6 is 11.3 Å². The molecule has 7 nitrogen and oxygen atoms in total. The molecule has 0 aliphatic carbocycles. The van der Waals surface area contributed by atoms with E-state index in [4.69, 9.17) is 4.74 Å². The Hall–Kier alpha value is -2.87. The molecule has 1 amide bonds. The molecule has 29 heavy (non-hydrogen) atoms. The largest absolute Gasteiger partial charge is 0.493 e. The van der Waals surface area contributed by atoms with Gasteiger partial charge in [0, 0.05) is 19.5 Å². The number of benzene rings is 1. The summed E-state index contributed by atoms with van der Waals surface area (Å²) < 4.78 is 7.26. The molecule has 0 spiro atoms. The first-order chi connectivity index (χ1) is 14.2. The zero-order valence-electron chi connectivity index (χ0n) is 16.3. The number of nitrogens with zero attached hydrogens (tertiary/aromatic N) is 3. The fraction of sp³-hybridized carbons (Fsp3) is 0.381. The van der Waals surface area contributed by atoms with Crippen LogP contribution in [0, 0.1) is 5.92 Å². The Kier molecular flexibility index (Phi) is 5.80. The lowest BCUT2D eigenvalue weighted by Gasteiger charge is -2.32. The monoisotopic (exact) mass is 412 g/mol. The maximum Gasteiger partial charge on any atom is 0.348 e. The van der Waals surface area contributed by atoms with Crippen LogP contribution in [0.3, 0.4) is 0 Å². The van der Waals surface area contributed by atoms with Crippen LogP contribution in [-0.2, 0) is 6.42 Å². The summed E-state index contributed by atoms with van der Waals surface area (Å²) >= 11 is 1.52. The lowest BCUT2D eigenvalue weighted by Crippen LogP contribution is -2.39. The number of hydrogen-bond acceptors (Lipinski definition) is 5. The van der Waals surface area contributed by atoms with E-state index in [0.29, 0.717) is 43.3 Å². The summed E-state index contributed by atoms with van der Waals surface area (Å²) in [7, 11) is 0. The molecular formula is C21H24N4O3S. The molecule has 8 heteroatoms. The van der Waals surface area contributed by atoms with Gasteiger partial charge < -0.3 is 9.64 Å². The van der Waals surface area contributed by atoms with Crippen LogP contribution in [0.25, 0.3) is 5.00 Å². The van der Waals surface area contributed by atoms with E-state index in [2.05, 4.69) is 10.2 Å². The molecule has 152 valence electrons. The molecular weight excluding hydrogens is 388 g/mol. The van der Waals surface area contributed by atoms with Crippen molar-refractivity contribution >= 4 is 17.2 Å². The Morgan fingerprint density at radius 3 is 2.76 bits per heavy atom. The van der Waals surface area contributed by atoms with Crippen molar-refractivity contribution in [1.82, 2.24) is 19.7 Å². The minimum atomic E-state index is -0.206. The second kappa shape index (κ2) is 8.65. The number of piperidine rings is 1. The average Bonchev–Trinajstić information content (AvgIpc) is 3.38. The van der Waals surface area contributed by atoms with Crippen molar-refractivity contribution in [3.63, 3.8) is 0 Å². The Balaban J connectivity index is 1.41. The second-order valence-electron chi connectivity index (χ2n) is 7.10. The van der Waals surface area contributed by atoms with Crippen molar-refractivity contribution in [2.24, 2.45) is 5.92 Å². The van der Waals surface area contributed by atoms with Gasteiger partial charge in [-0.1, -0.05) is 12.1 Å². The molecule has 1 aromatic carbocycles. The van der Waals surface area contributed by atoms with E-state index in [9.17, 15) is 9.59 Å². The predicted octanol–water partition coefficient (Wildman–Crippen LogP) is 3.12. The van der Waals surface area contributed by atoms with Gasteiger partial charge in [-0.05, 0) is 55.3 Å². The summed E-state index contributed by atoms with van der Waals surface area (Å²) in [5.74, 6) is 1.79. The molecule has 3 heterocycles. The van der Waals surface area contributed by atoms with E-state index in [0.717, 1.165) is 23.7 Å². The number of aromatic nitrogens is 3. The lowest BCUT2D eigenvalue weighted by atomic mass is 9.92.